The number of piperidine rings is 1. The molecule has 4 aromatic carbocycles. The number of H-pyrrole nitrogens is 1. The van der Waals surface area contributed by atoms with E-state index >= 15 is 0 Å². The van der Waals surface area contributed by atoms with E-state index < -0.39 is 23.5 Å². The molecule has 6 aromatic rings. The molecule has 4 aliphatic rings. The topological polar surface area (TPSA) is 200 Å². The van der Waals surface area contributed by atoms with Crippen molar-refractivity contribution >= 4 is 45.7 Å². The van der Waals surface area contributed by atoms with Gasteiger partial charge in [0.15, 0.2) is 11.7 Å². The summed E-state index contributed by atoms with van der Waals surface area (Å²) in [5.41, 5.74) is 4.89. The van der Waals surface area contributed by atoms with Gasteiger partial charge in [-0.2, -0.15) is 20.3 Å². The molecule has 0 aliphatic carbocycles. The van der Waals surface area contributed by atoms with Gasteiger partial charge in [-0.1, -0.05) is 61.5 Å². The Morgan fingerprint density at radius 1 is 0.945 bits per heavy atom. The van der Waals surface area contributed by atoms with Crippen LogP contribution in [0.3, 0.4) is 0 Å². The van der Waals surface area contributed by atoms with Crippen molar-refractivity contribution in [1.82, 2.24) is 39.4 Å². The molecule has 378 valence electrons. The van der Waals surface area contributed by atoms with Crippen LogP contribution >= 0.6 is 11.6 Å². The van der Waals surface area contributed by atoms with Gasteiger partial charge in [-0.15, -0.1) is 0 Å². The number of benzene rings is 4. The second-order valence-corrected chi connectivity index (χ2v) is 19.8. The minimum absolute atomic E-state index is 0.0190. The number of likely N-dealkylation sites (tertiary alicyclic amines) is 2. The van der Waals surface area contributed by atoms with Crippen LogP contribution in [-0.4, -0.2) is 126 Å². The van der Waals surface area contributed by atoms with Gasteiger partial charge in [-0.3, -0.25) is 14.5 Å². The fourth-order valence-corrected chi connectivity index (χ4v) is 11.3. The zero-order valence-corrected chi connectivity index (χ0v) is 41.4. The highest BCUT2D eigenvalue weighted by Gasteiger charge is 2.37. The molecular weight excluding hydrogens is 953 g/mol. The van der Waals surface area contributed by atoms with Crippen LogP contribution in [0.2, 0.25) is 5.02 Å². The number of ether oxygens (including phenoxy) is 1. The third-order valence-electron chi connectivity index (χ3n) is 14.9. The molecule has 4 aliphatic heterocycles. The molecule has 0 unspecified atom stereocenters. The van der Waals surface area contributed by atoms with Crippen LogP contribution in [-0.2, 0) is 35.5 Å². The van der Waals surface area contributed by atoms with Gasteiger partial charge >= 0.3 is 11.7 Å². The Bertz CT molecular complexity index is 3180. The number of phenols is 2. The molecule has 6 heterocycles. The fourth-order valence-electron chi connectivity index (χ4n) is 11.0. The third-order valence-corrected chi connectivity index (χ3v) is 15.2. The van der Waals surface area contributed by atoms with E-state index in [0.717, 1.165) is 65.6 Å². The van der Waals surface area contributed by atoms with Crippen molar-refractivity contribution in [2.75, 3.05) is 68.8 Å². The van der Waals surface area contributed by atoms with Crippen LogP contribution in [0.1, 0.15) is 55.0 Å². The molecule has 0 bridgehead atoms. The zero-order valence-electron chi connectivity index (χ0n) is 40.6. The highest BCUT2D eigenvalue weighted by atomic mass is 35.5. The largest absolute Gasteiger partial charge is 0.508 e. The number of nitrogens with one attached hydrogen (secondary N) is 1. The fraction of sp³-hybridized carbons (Fsp3) is 0.389. The second kappa shape index (κ2) is 20.9. The predicted molar refractivity (Wildman–Crippen MR) is 274 cm³/mol. The Morgan fingerprint density at radius 3 is 2.48 bits per heavy atom. The molecule has 0 radical (unpaired) electrons. The van der Waals surface area contributed by atoms with Crippen molar-refractivity contribution < 1.29 is 28.9 Å². The summed E-state index contributed by atoms with van der Waals surface area (Å²) in [6.07, 6.45) is 3.44. The Kier molecular flexibility index (Phi) is 14.1. The first-order chi connectivity index (χ1) is 35.4. The minimum atomic E-state index is -1.06. The molecule has 2 atom stereocenters. The van der Waals surface area contributed by atoms with Crippen LogP contribution in [0.5, 0.6) is 17.5 Å². The van der Waals surface area contributed by atoms with Crippen LogP contribution < -0.4 is 20.2 Å². The van der Waals surface area contributed by atoms with Gasteiger partial charge in [0, 0.05) is 80.4 Å². The van der Waals surface area contributed by atoms with E-state index in [2.05, 4.69) is 43.6 Å². The number of phenolic OH excluding ortho intramolecular Hbond substituents is 2. The Labute approximate surface area is 426 Å². The number of rotatable bonds is 13. The van der Waals surface area contributed by atoms with Crippen molar-refractivity contribution in [3.8, 4) is 40.7 Å². The Morgan fingerprint density at radius 2 is 1.73 bits per heavy atom. The SMILES string of the molecule is C=C(F)C(=O)N1CCN(c2nc(OC[C@@H]3CCN(C(=O)C4CCN(Cc5ccc(-n6c(-c7cc(CC)c(O)cc7O)n[nH]c6=O)cc5)CC4)C3)nc3c2CCN(c2cccc4cccc(Cl)c24)C3)C[C@@H]1CC#N. The molecule has 3 saturated heterocycles. The summed E-state index contributed by atoms with van der Waals surface area (Å²) >= 11 is 6.78. The average molecular weight is 1010 g/mol. The summed E-state index contributed by atoms with van der Waals surface area (Å²) in [5.74, 6) is -0.996. The van der Waals surface area contributed by atoms with Crippen LogP contribution in [0.25, 0.3) is 27.8 Å². The number of carbonyl (C=O) groups excluding carboxylic acids is 2. The van der Waals surface area contributed by atoms with E-state index in [1.807, 2.05) is 66.4 Å². The van der Waals surface area contributed by atoms with E-state index in [9.17, 15) is 34.2 Å². The highest BCUT2D eigenvalue weighted by molar-refractivity contribution is 6.36. The van der Waals surface area contributed by atoms with E-state index in [-0.39, 0.29) is 60.6 Å². The minimum Gasteiger partial charge on any atom is -0.508 e. The highest BCUT2D eigenvalue weighted by Crippen LogP contribution is 2.39. The van der Waals surface area contributed by atoms with Gasteiger partial charge < -0.3 is 34.5 Å². The van der Waals surface area contributed by atoms with E-state index in [4.69, 9.17) is 26.3 Å². The number of nitrogens with zero attached hydrogens (tertiary/aromatic N) is 10. The molecule has 3 fully saturated rings. The molecular formula is C54H57ClFN11O6. The van der Waals surface area contributed by atoms with Crippen molar-refractivity contribution in [3.63, 3.8) is 0 Å². The van der Waals surface area contributed by atoms with E-state index in [1.54, 1.807) is 6.07 Å². The van der Waals surface area contributed by atoms with Crippen molar-refractivity contribution in [1.29, 1.82) is 5.26 Å². The molecule has 3 N–H and O–H groups in total. The Hall–Kier alpha value is -7.49. The molecule has 0 spiro atoms. The third kappa shape index (κ3) is 10.0. The number of piperazine rings is 1. The zero-order chi connectivity index (χ0) is 50.9. The monoisotopic (exact) mass is 1010 g/mol. The summed E-state index contributed by atoms with van der Waals surface area (Å²) in [5, 5.41) is 39.9. The van der Waals surface area contributed by atoms with Crippen LogP contribution in [0.15, 0.2) is 90.0 Å². The average Bonchev–Trinajstić information content (AvgIpc) is 4.04. The summed E-state index contributed by atoms with van der Waals surface area (Å²) < 4.78 is 21.9. The first kappa shape index (κ1) is 49.1. The van der Waals surface area contributed by atoms with Crippen molar-refractivity contribution in [2.45, 2.75) is 64.6 Å². The number of carbonyl (C=O) groups is 2. The van der Waals surface area contributed by atoms with Crippen LogP contribution in [0.4, 0.5) is 15.9 Å². The maximum absolute atomic E-state index is 14.1. The number of hydrogen-bond acceptors (Lipinski definition) is 13. The number of halogens is 2. The number of anilines is 2. The lowest BCUT2D eigenvalue weighted by molar-refractivity contribution is -0.136. The molecule has 2 aromatic heterocycles. The molecule has 17 nitrogen and oxygen atoms in total. The van der Waals surface area contributed by atoms with Crippen molar-refractivity contribution in [2.24, 2.45) is 11.8 Å². The quantitative estimate of drug-likeness (QED) is 0.101. The molecule has 19 heteroatoms. The summed E-state index contributed by atoms with van der Waals surface area (Å²) in [6.45, 7) is 10.8. The van der Waals surface area contributed by atoms with Gasteiger partial charge in [0.2, 0.25) is 5.91 Å². The maximum Gasteiger partial charge on any atom is 0.348 e. The van der Waals surface area contributed by atoms with Gasteiger partial charge in [-0.05, 0) is 92.0 Å². The first-order valence-electron chi connectivity index (χ1n) is 24.9. The predicted octanol–water partition coefficient (Wildman–Crippen LogP) is 6.91. The molecule has 73 heavy (non-hydrogen) atoms. The Balaban J connectivity index is 0.776. The lowest BCUT2D eigenvalue weighted by Crippen LogP contribution is -2.55. The van der Waals surface area contributed by atoms with Gasteiger partial charge in [-0.25, -0.2) is 18.9 Å². The standard InChI is InChI=1S/C54H57ClFN11O6/c1-3-36-26-42(47(69)27-46(36)68)50-60-61-54(72)67(50)39-12-10-34(11-13-39)28-62-20-16-38(17-21-62)52(71)65-22-15-35(29-65)32-73-53-58-44-31-63(45-9-5-7-37-6-4-8-43(55)48(37)45)23-18-41(44)49(59-53)64-24-25-66(51(70)33(2)56)40(30-64)14-19-57/h4-13,26-27,35,38,40,68-69H,2-3,14-18,20-25,28-32H2,1H3,(H,61,72)/t35-,40+/m1/s1. The maximum atomic E-state index is 14.1. The number of aryl methyl sites for hydroxylation is 1. The van der Waals surface area contributed by atoms with Crippen molar-refractivity contribution in [3.05, 3.63) is 123 Å². The summed E-state index contributed by atoms with van der Waals surface area (Å²) in [6, 6.07) is 24.4. The first-order valence-corrected chi connectivity index (χ1v) is 25.3. The van der Waals surface area contributed by atoms with E-state index in [0.29, 0.717) is 86.4 Å². The van der Waals surface area contributed by atoms with Crippen LogP contribution in [0, 0.1) is 23.2 Å². The van der Waals surface area contributed by atoms with Gasteiger partial charge in [0.25, 0.3) is 5.91 Å². The number of nitriles is 1. The smallest absolute Gasteiger partial charge is 0.348 e. The van der Waals surface area contributed by atoms with Gasteiger partial charge in [0.05, 0.1) is 53.7 Å². The number of amides is 2. The number of hydrogen-bond donors (Lipinski definition) is 3. The van der Waals surface area contributed by atoms with E-state index in [1.165, 1.54) is 15.5 Å². The molecule has 0 saturated carbocycles. The molecule has 2 amide bonds. The summed E-state index contributed by atoms with van der Waals surface area (Å²) in [4.78, 5) is 59.7. The number of fused-ring (bicyclic) bond motifs is 2. The number of aromatic hydroxyl groups is 2. The normalized spacial score (nSPS) is 18.5. The van der Waals surface area contributed by atoms with Gasteiger partial charge in [0.1, 0.15) is 17.3 Å². The second-order valence-electron chi connectivity index (χ2n) is 19.4. The number of aromatic amines is 1. The number of aromatic nitrogens is 5. The lowest BCUT2D eigenvalue weighted by Gasteiger charge is -2.42. The molecule has 10 rings (SSSR count). The lowest BCUT2D eigenvalue weighted by atomic mass is 9.95. The summed E-state index contributed by atoms with van der Waals surface area (Å²) in [7, 11) is 0.